The third kappa shape index (κ3) is 7.76. The minimum atomic E-state index is -0.786. The summed E-state index contributed by atoms with van der Waals surface area (Å²) < 4.78 is 0. The van der Waals surface area contributed by atoms with Crippen LogP contribution in [0.1, 0.15) is 29.5 Å². The van der Waals surface area contributed by atoms with Gasteiger partial charge in [-0.3, -0.25) is 9.59 Å². The summed E-state index contributed by atoms with van der Waals surface area (Å²) in [6.45, 7) is 0.754. The van der Waals surface area contributed by atoms with Gasteiger partial charge in [-0.2, -0.15) is 0 Å². The summed E-state index contributed by atoms with van der Waals surface area (Å²) >= 11 is 12.3. The number of piperazine rings is 1. The molecule has 0 aromatic heterocycles. The van der Waals surface area contributed by atoms with Gasteiger partial charge in [-0.05, 0) is 65.3 Å². The molecule has 1 unspecified atom stereocenters. The van der Waals surface area contributed by atoms with Crippen LogP contribution in [0.3, 0.4) is 0 Å². The molecule has 0 aliphatic carbocycles. The Morgan fingerprint density at radius 2 is 1.49 bits per heavy atom. The minimum Gasteiger partial charge on any atom is -0.396 e. The second kappa shape index (κ2) is 14.4. The lowest BCUT2D eigenvalue weighted by Gasteiger charge is -2.47. The molecule has 1 aliphatic heterocycles. The number of aliphatic hydroxyl groups excluding tert-OH is 1. The SMILES string of the molecule is NC(Cc1ccc(Cl)c(Cl)c1)C(=O)N1C[C@@H](Cc2ccccc2)N(C(=O)Cc2ccc3ccccc3c2)C[C@@H]1CCCO. The molecule has 1 saturated heterocycles. The van der Waals surface area contributed by atoms with E-state index in [1.807, 2.05) is 64.4 Å². The van der Waals surface area contributed by atoms with E-state index in [1.165, 1.54) is 0 Å². The molecule has 224 valence electrons. The van der Waals surface area contributed by atoms with E-state index in [2.05, 4.69) is 24.3 Å². The molecule has 0 spiro atoms. The number of nitrogens with zero attached hydrogens (tertiary/aromatic N) is 2. The van der Waals surface area contributed by atoms with Crippen molar-refractivity contribution in [1.82, 2.24) is 9.80 Å². The molecule has 4 aromatic rings. The van der Waals surface area contributed by atoms with E-state index in [-0.39, 0.29) is 36.9 Å². The van der Waals surface area contributed by atoms with E-state index in [9.17, 15) is 14.7 Å². The highest BCUT2D eigenvalue weighted by atomic mass is 35.5. The van der Waals surface area contributed by atoms with E-state index in [0.29, 0.717) is 48.8 Å². The van der Waals surface area contributed by atoms with Crippen LogP contribution in [-0.2, 0) is 28.9 Å². The quantitative estimate of drug-likeness (QED) is 0.240. The summed E-state index contributed by atoms with van der Waals surface area (Å²) in [5.41, 5.74) is 9.38. The number of carbonyl (C=O) groups is 2. The number of aliphatic hydroxyl groups is 1. The number of rotatable bonds is 10. The van der Waals surface area contributed by atoms with Crippen LogP contribution in [0.5, 0.6) is 0 Å². The Morgan fingerprint density at radius 1 is 0.791 bits per heavy atom. The summed E-state index contributed by atoms with van der Waals surface area (Å²) in [5, 5.41) is 12.7. The van der Waals surface area contributed by atoms with Gasteiger partial charge in [0.15, 0.2) is 0 Å². The average molecular weight is 619 g/mol. The molecule has 6 nitrogen and oxygen atoms in total. The molecule has 3 atom stereocenters. The fraction of sp³-hybridized carbons (Fsp3) is 0.314. The number of benzene rings is 4. The van der Waals surface area contributed by atoms with Crippen molar-refractivity contribution >= 4 is 45.8 Å². The van der Waals surface area contributed by atoms with Gasteiger partial charge in [0.1, 0.15) is 0 Å². The van der Waals surface area contributed by atoms with Crippen molar-refractivity contribution in [2.24, 2.45) is 5.73 Å². The van der Waals surface area contributed by atoms with Crippen LogP contribution in [-0.4, -0.2) is 64.5 Å². The first-order chi connectivity index (χ1) is 20.8. The van der Waals surface area contributed by atoms with Crippen molar-refractivity contribution in [3.05, 3.63) is 118 Å². The summed E-state index contributed by atoms with van der Waals surface area (Å²) in [7, 11) is 0. The highest BCUT2D eigenvalue weighted by molar-refractivity contribution is 6.42. The first-order valence-corrected chi connectivity index (χ1v) is 15.5. The van der Waals surface area contributed by atoms with E-state index < -0.39 is 6.04 Å². The lowest BCUT2D eigenvalue weighted by Crippen LogP contribution is -2.64. The van der Waals surface area contributed by atoms with Crippen molar-refractivity contribution in [2.75, 3.05) is 19.7 Å². The van der Waals surface area contributed by atoms with Gasteiger partial charge in [0, 0.05) is 25.7 Å². The molecule has 8 heteroatoms. The Morgan fingerprint density at radius 3 is 2.23 bits per heavy atom. The van der Waals surface area contributed by atoms with Crippen molar-refractivity contribution in [3.63, 3.8) is 0 Å². The van der Waals surface area contributed by atoms with Crippen molar-refractivity contribution in [2.45, 2.75) is 50.2 Å². The Labute approximate surface area is 263 Å². The van der Waals surface area contributed by atoms with E-state index in [0.717, 1.165) is 27.5 Å². The van der Waals surface area contributed by atoms with Crippen LogP contribution in [0.15, 0.2) is 91.0 Å². The van der Waals surface area contributed by atoms with Crippen molar-refractivity contribution in [3.8, 4) is 0 Å². The molecule has 43 heavy (non-hydrogen) atoms. The number of nitrogens with two attached hydrogens (primary N) is 1. The van der Waals surface area contributed by atoms with E-state index in [1.54, 1.807) is 12.1 Å². The van der Waals surface area contributed by atoms with Gasteiger partial charge in [-0.25, -0.2) is 0 Å². The summed E-state index contributed by atoms with van der Waals surface area (Å²) in [4.78, 5) is 31.6. The standard InChI is InChI=1S/C35H37Cl2N3O3/c36-31-15-13-26(19-32(31)37)20-33(38)35(43)40-23-30(18-24-7-2-1-3-8-24)39(22-29(40)11-6-16-41)34(42)21-25-12-14-27-9-4-5-10-28(27)17-25/h1-5,7-10,12-15,17,19,29-30,33,41H,6,11,16,18,20-23,38H2/t29-,30+,33?/m0/s1. The largest absolute Gasteiger partial charge is 0.396 e. The zero-order valence-electron chi connectivity index (χ0n) is 24.0. The predicted molar refractivity (Wildman–Crippen MR) is 173 cm³/mol. The lowest BCUT2D eigenvalue weighted by atomic mass is 9.94. The molecule has 5 rings (SSSR count). The monoisotopic (exact) mass is 617 g/mol. The Kier molecular flexibility index (Phi) is 10.4. The van der Waals surface area contributed by atoms with Gasteiger partial charge in [0.05, 0.1) is 28.5 Å². The number of hydrogen-bond donors (Lipinski definition) is 2. The van der Waals surface area contributed by atoms with Gasteiger partial charge in [-0.15, -0.1) is 0 Å². The molecule has 1 heterocycles. The number of halogens is 2. The maximum absolute atomic E-state index is 14.0. The van der Waals surface area contributed by atoms with Gasteiger partial charge < -0.3 is 20.6 Å². The van der Waals surface area contributed by atoms with Gasteiger partial charge >= 0.3 is 0 Å². The van der Waals surface area contributed by atoms with Crippen LogP contribution in [0.25, 0.3) is 10.8 Å². The van der Waals surface area contributed by atoms with Crippen molar-refractivity contribution < 1.29 is 14.7 Å². The number of hydrogen-bond acceptors (Lipinski definition) is 4. The molecule has 0 radical (unpaired) electrons. The van der Waals surface area contributed by atoms with Crippen LogP contribution < -0.4 is 5.73 Å². The second-order valence-electron chi connectivity index (χ2n) is 11.3. The molecule has 2 amide bonds. The number of amides is 2. The van der Waals surface area contributed by atoms with Crippen LogP contribution in [0.2, 0.25) is 10.0 Å². The fourth-order valence-corrected chi connectivity index (χ4v) is 6.33. The molecule has 4 aromatic carbocycles. The van der Waals surface area contributed by atoms with Gasteiger partial charge in [0.2, 0.25) is 11.8 Å². The van der Waals surface area contributed by atoms with Crippen LogP contribution in [0, 0.1) is 0 Å². The molecular weight excluding hydrogens is 581 g/mol. The Bertz CT molecular complexity index is 1560. The Balaban J connectivity index is 1.39. The molecule has 3 N–H and O–H groups in total. The normalized spacial score (nSPS) is 17.7. The molecular formula is C35H37Cl2N3O3. The summed E-state index contributed by atoms with van der Waals surface area (Å²) in [5.74, 6) is -0.147. The average Bonchev–Trinajstić information content (AvgIpc) is 3.02. The van der Waals surface area contributed by atoms with Crippen molar-refractivity contribution in [1.29, 1.82) is 0 Å². The summed E-state index contributed by atoms with van der Waals surface area (Å²) in [6, 6.07) is 28.3. The first kappa shape index (κ1) is 31.0. The maximum Gasteiger partial charge on any atom is 0.240 e. The molecule has 0 saturated carbocycles. The van der Waals surface area contributed by atoms with E-state index in [4.69, 9.17) is 28.9 Å². The lowest BCUT2D eigenvalue weighted by molar-refractivity contribution is -0.147. The fourth-order valence-electron chi connectivity index (χ4n) is 6.01. The number of fused-ring (bicyclic) bond motifs is 1. The molecule has 1 aliphatic rings. The zero-order chi connectivity index (χ0) is 30.3. The second-order valence-corrected chi connectivity index (χ2v) is 12.1. The Hall–Kier alpha value is -3.42. The molecule has 0 bridgehead atoms. The summed E-state index contributed by atoms with van der Waals surface area (Å²) in [6.07, 6.45) is 2.29. The highest BCUT2D eigenvalue weighted by Crippen LogP contribution is 2.26. The highest BCUT2D eigenvalue weighted by Gasteiger charge is 2.39. The maximum atomic E-state index is 14.0. The predicted octanol–water partition coefficient (Wildman–Crippen LogP) is 5.68. The zero-order valence-corrected chi connectivity index (χ0v) is 25.6. The van der Waals surface area contributed by atoms with E-state index >= 15 is 0 Å². The van der Waals surface area contributed by atoms with Gasteiger partial charge in [0.25, 0.3) is 0 Å². The smallest absolute Gasteiger partial charge is 0.240 e. The number of carbonyl (C=O) groups excluding carboxylic acids is 2. The van der Waals surface area contributed by atoms with Gasteiger partial charge in [-0.1, -0.05) is 102 Å². The third-order valence-electron chi connectivity index (χ3n) is 8.24. The minimum absolute atomic E-state index is 0.00629. The molecule has 1 fully saturated rings. The third-order valence-corrected chi connectivity index (χ3v) is 8.97. The van der Waals surface area contributed by atoms with Crippen LogP contribution in [0.4, 0.5) is 0 Å². The topological polar surface area (TPSA) is 86.9 Å². The first-order valence-electron chi connectivity index (χ1n) is 14.7. The van der Waals surface area contributed by atoms with Crippen LogP contribution >= 0.6 is 23.2 Å².